The van der Waals surface area contributed by atoms with Gasteiger partial charge in [0, 0.05) is 6.54 Å². The maximum absolute atomic E-state index is 11.4. The first-order valence-corrected chi connectivity index (χ1v) is 4.51. The van der Waals surface area contributed by atoms with Crippen molar-refractivity contribution in [3.63, 3.8) is 0 Å². The second kappa shape index (κ2) is 5.35. The summed E-state index contributed by atoms with van der Waals surface area (Å²) in [4.78, 5) is 23.4. The Hall–Kier alpha value is -1.56. The van der Waals surface area contributed by atoms with Crippen molar-refractivity contribution in [1.29, 1.82) is 0 Å². The van der Waals surface area contributed by atoms with Crippen LogP contribution in [0, 0.1) is 0 Å². The third-order valence-corrected chi connectivity index (χ3v) is 1.97. The van der Waals surface area contributed by atoms with Crippen LogP contribution in [0.25, 0.3) is 0 Å². The monoisotopic (exact) mass is 215 g/mol. The van der Waals surface area contributed by atoms with Gasteiger partial charge in [-0.1, -0.05) is 12.7 Å². The van der Waals surface area contributed by atoms with Gasteiger partial charge in [-0.25, -0.2) is 9.59 Å². The van der Waals surface area contributed by atoms with Gasteiger partial charge in [0.2, 0.25) is 0 Å². The molecule has 1 saturated heterocycles. The van der Waals surface area contributed by atoms with Gasteiger partial charge < -0.3 is 14.6 Å². The number of nitrogens with zero attached hydrogens (tertiary/aromatic N) is 1. The first-order valence-electron chi connectivity index (χ1n) is 4.51. The summed E-state index contributed by atoms with van der Waals surface area (Å²) in [5, 5.41) is 8.83. The molecule has 0 radical (unpaired) electrons. The highest BCUT2D eigenvalue weighted by molar-refractivity contribution is 5.80. The third-order valence-electron chi connectivity index (χ3n) is 1.97. The molecule has 1 aliphatic rings. The number of rotatable bonds is 3. The van der Waals surface area contributed by atoms with Gasteiger partial charge in [0.25, 0.3) is 0 Å². The summed E-state index contributed by atoms with van der Waals surface area (Å²) in [5.41, 5.74) is 0. The zero-order chi connectivity index (χ0) is 11.3. The van der Waals surface area contributed by atoms with Crippen LogP contribution in [0.15, 0.2) is 12.7 Å². The molecule has 1 heterocycles. The minimum absolute atomic E-state index is 0.00147. The number of hydrogen-bond donors (Lipinski definition) is 1. The lowest BCUT2D eigenvalue weighted by Gasteiger charge is -2.31. The van der Waals surface area contributed by atoms with Crippen LogP contribution in [0.4, 0.5) is 4.79 Å². The van der Waals surface area contributed by atoms with Crippen LogP contribution < -0.4 is 0 Å². The number of morpholine rings is 1. The van der Waals surface area contributed by atoms with E-state index < -0.39 is 18.1 Å². The Balaban J connectivity index is 2.58. The van der Waals surface area contributed by atoms with Crippen LogP contribution in [-0.4, -0.2) is 54.5 Å². The molecule has 6 nitrogen and oxygen atoms in total. The predicted octanol–water partition coefficient (Wildman–Crippen LogP) is 0.0944. The maximum Gasteiger partial charge on any atom is 0.410 e. The number of amides is 1. The molecule has 0 bridgehead atoms. The molecular weight excluding hydrogens is 202 g/mol. The van der Waals surface area contributed by atoms with Gasteiger partial charge in [-0.2, -0.15) is 0 Å². The van der Waals surface area contributed by atoms with E-state index in [1.165, 1.54) is 6.08 Å². The van der Waals surface area contributed by atoms with Gasteiger partial charge in [-0.3, -0.25) is 4.90 Å². The molecule has 0 aliphatic carbocycles. The molecule has 1 rings (SSSR count). The Labute approximate surface area is 87.1 Å². The molecule has 1 atom stereocenters. The minimum atomic E-state index is -1.09. The van der Waals surface area contributed by atoms with Gasteiger partial charge in [0.15, 0.2) is 6.04 Å². The Bertz CT molecular complexity index is 265. The van der Waals surface area contributed by atoms with Crippen molar-refractivity contribution in [2.75, 3.05) is 26.4 Å². The summed E-state index contributed by atoms with van der Waals surface area (Å²) in [7, 11) is 0. The third kappa shape index (κ3) is 2.95. The van der Waals surface area contributed by atoms with Crippen molar-refractivity contribution in [2.24, 2.45) is 0 Å². The normalized spacial score (nSPS) is 20.8. The topological polar surface area (TPSA) is 76.1 Å². The SMILES string of the molecule is C=CCOC(=O)N1CCOC[C@H]1C(=O)O. The van der Waals surface area contributed by atoms with Crippen LogP contribution in [0.5, 0.6) is 0 Å². The highest BCUT2D eigenvalue weighted by Gasteiger charge is 2.33. The average Bonchev–Trinajstić information content (AvgIpc) is 2.25. The number of aliphatic carboxylic acids is 1. The highest BCUT2D eigenvalue weighted by atomic mass is 16.6. The molecule has 15 heavy (non-hydrogen) atoms. The molecule has 1 aliphatic heterocycles. The fourth-order valence-electron chi connectivity index (χ4n) is 1.24. The van der Waals surface area contributed by atoms with E-state index in [2.05, 4.69) is 6.58 Å². The fraction of sp³-hybridized carbons (Fsp3) is 0.556. The summed E-state index contributed by atoms with van der Waals surface area (Å²) < 4.78 is 9.74. The molecule has 1 fully saturated rings. The molecule has 0 saturated carbocycles. The van der Waals surface area contributed by atoms with Gasteiger partial charge in [-0.15, -0.1) is 0 Å². The zero-order valence-corrected chi connectivity index (χ0v) is 8.22. The van der Waals surface area contributed by atoms with Crippen LogP contribution in [-0.2, 0) is 14.3 Å². The molecule has 0 aromatic rings. The average molecular weight is 215 g/mol. The zero-order valence-electron chi connectivity index (χ0n) is 8.22. The van der Waals surface area contributed by atoms with E-state index >= 15 is 0 Å². The van der Waals surface area contributed by atoms with Crippen molar-refractivity contribution in [2.45, 2.75) is 6.04 Å². The molecule has 0 spiro atoms. The maximum atomic E-state index is 11.4. The second-order valence-corrected chi connectivity index (χ2v) is 2.99. The van der Waals surface area contributed by atoms with Crippen LogP contribution in [0.1, 0.15) is 0 Å². The van der Waals surface area contributed by atoms with E-state index in [9.17, 15) is 9.59 Å². The molecule has 1 N–H and O–H groups in total. The Morgan fingerprint density at radius 3 is 3.00 bits per heavy atom. The van der Waals surface area contributed by atoms with E-state index in [-0.39, 0.29) is 19.8 Å². The lowest BCUT2D eigenvalue weighted by atomic mass is 10.2. The summed E-state index contributed by atoms with van der Waals surface area (Å²) >= 11 is 0. The Morgan fingerprint density at radius 2 is 2.40 bits per heavy atom. The van der Waals surface area contributed by atoms with Crippen LogP contribution >= 0.6 is 0 Å². The molecule has 0 unspecified atom stereocenters. The van der Waals surface area contributed by atoms with E-state index in [0.717, 1.165) is 4.90 Å². The second-order valence-electron chi connectivity index (χ2n) is 2.99. The molecule has 0 aromatic carbocycles. The van der Waals surface area contributed by atoms with Gasteiger partial charge >= 0.3 is 12.1 Å². The number of carboxylic acid groups (broad SMARTS) is 1. The van der Waals surface area contributed by atoms with Crippen molar-refractivity contribution in [3.8, 4) is 0 Å². The van der Waals surface area contributed by atoms with E-state index in [0.29, 0.717) is 6.61 Å². The predicted molar refractivity (Wildman–Crippen MR) is 50.5 cm³/mol. The van der Waals surface area contributed by atoms with E-state index in [4.69, 9.17) is 14.6 Å². The molecule has 0 aromatic heterocycles. The highest BCUT2D eigenvalue weighted by Crippen LogP contribution is 2.08. The first kappa shape index (κ1) is 11.5. The van der Waals surface area contributed by atoms with Crippen molar-refractivity contribution >= 4 is 12.1 Å². The summed E-state index contributed by atoms with van der Waals surface area (Å²) in [6.07, 6.45) is 0.777. The number of carboxylic acids is 1. The lowest BCUT2D eigenvalue weighted by Crippen LogP contribution is -2.52. The molecule has 6 heteroatoms. The quantitative estimate of drug-likeness (QED) is 0.675. The summed E-state index contributed by atoms with van der Waals surface area (Å²) in [6, 6.07) is -0.962. The number of hydrogen-bond acceptors (Lipinski definition) is 4. The minimum Gasteiger partial charge on any atom is -0.480 e. The molecule has 84 valence electrons. The lowest BCUT2D eigenvalue weighted by molar-refractivity contribution is -0.148. The van der Waals surface area contributed by atoms with Crippen molar-refractivity contribution in [3.05, 3.63) is 12.7 Å². The number of carbonyl (C=O) groups excluding carboxylic acids is 1. The van der Waals surface area contributed by atoms with E-state index in [1.807, 2.05) is 0 Å². The van der Waals surface area contributed by atoms with Crippen molar-refractivity contribution < 1.29 is 24.2 Å². The van der Waals surface area contributed by atoms with E-state index in [1.54, 1.807) is 0 Å². The number of ether oxygens (including phenoxy) is 2. The standard InChI is InChI=1S/C9H13NO5/c1-2-4-15-9(13)10-3-5-14-6-7(10)8(11)12/h2,7H,1,3-6H2,(H,11,12)/t7-/m0/s1. The van der Waals surface area contributed by atoms with Gasteiger partial charge in [-0.05, 0) is 0 Å². The number of carbonyl (C=O) groups is 2. The Morgan fingerprint density at radius 1 is 1.67 bits per heavy atom. The van der Waals surface area contributed by atoms with Gasteiger partial charge in [0.05, 0.1) is 13.2 Å². The molecule has 1 amide bonds. The summed E-state index contributed by atoms with van der Waals surface area (Å²) in [5.74, 6) is -1.09. The van der Waals surface area contributed by atoms with Crippen LogP contribution in [0.2, 0.25) is 0 Å². The fourth-order valence-corrected chi connectivity index (χ4v) is 1.24. The Kier molecular flexibility index (Phi) is 4.11. The van der Waals surface area contributed by atoms with Gasteiger partial charge in [0.1, 0.15) is 6.61 Å². The smallest absolute Gasteiger partial charge is 0.410 e. The van der Waals surface area contributed by atoms with Crippen molar-refractivity contribution in [1.82, 2.24) is 4.90 Å². The van der Waals surface area contributed by atoms with Crippen LogP contribution in [0.3, 0.4) is 0 Å². The largest absolute Gasteiger partial charge is 0.480 e. The summed E-state index contributed by atoms with van der Waals surface area (Å²) in [6.45, 7) is 4.02. The first-order chi connectivity index (χ1) is 7.16. The molecular formula is C9H13NO5.